The van der Waals surface area contributed by atoms with Crippen LogP contribution in [0, 0.1) is 17.8 Å². The Kier molecular flexibility index (Phi) is 5.16. The number of hydrogen-bond donors (Lipinski definition) is 1. The number of anilines is 2. The predicted molar refractivity (Wildman–Crippen MR) is 147 cm³/mol. The first-order valence-corrected chi connectivity index (χ1v) is 14.0. The van der Waals surface area contributed by atoms with E-state index in [4.69, 9.17) is 0 Å². The van der Waals surface area contributed by atoms with Gasteiger partial charge in [0.2, 0.25) is 0 Å². The molecule has 4 aliphatic rings. The second-order valence-corrected chi connectivity index (χ2v) is 11.9. The van der Waals surface area contributed by atoms with Crippen molar-refractivity contribution in [2.45, 2.75) is 69.6 Å². The number of rotatable bonds is 3. The monoisotopic (exact) mass is 459 g/mol. The summed E-state index contributed by atoms with van der Waals surface area (Å²) < 4.78 is 0. The Bertz CT molecular complexity index is 1280. The molecule has 1 spiro atoms. The lowest BCUT2D eigenvalue weighted by Crippen LogP contribution is -2.44. The normalized spacial score (nSPS) is 30.7. The van der Waals surface area contributed by atoms with Crippen molar-refractivity contribution in [1.82, 2.24) is 0 Å². The third kappa shape index (κ3) is 3.50. The van der Waals surface area contributed by atoms with Crippen molar-refractivity contribution in [1.29, 1.82) is 0 Å². The van der Waals surface area contributed by atoms with Gasteiger partial charge in [0.1, 0.15) is 0 Å². The van der Waals surface area contributed by atoms with Gasteiger partial charge in [-0.3, -0.25) is 0 Å². The highest BCUT2D eigenvalue weighted by molar-refractivity contribution is 5.83. The van der Waals surface area contributed by atoms with Crippen LogP contribution in [0.4, 0.5) is 11.4 Å². The Morgan fingerprint density at radius 3 is 2.60 bits per heavy atom. The van der Waals surface area contributed by atoms with E-state index in [2.05, 4.69) is 91.1 Å². The highest BCUT2D eigenvalue weighted by Crippen LogP contribution is 2.62. The van der Waals surface area contributed by atoms with Crippen LogP contribution in [-0.4, -0.2) is 0 Å². The van der Waals surface area contributed by atoms with E-state index in [1.165, 1.54) is 79.4 Å². The summed E-state index contributed by atoms with van der Waals surface area (Å²) in [5.41, 5.74) is 10.2. The van der Waals surface area contributed by atoms with E-state index < -0.39 is 0 Å². The molecule has 0 radical (unpaired) electrons. The van der Waals surface area contributed by atoms with Crippen LogP contribution in [0.15, 0.2) is 78.9 Å². The molecule has 1 heteroatoms. The quantitative estimate of drug-likeness (QED) is 0.385. The third-order valence-corrected chi connectivity index (χ3v) is 9.74. The molecule has 0 saturated heterocycles. The highest BCUT2D eigenvalue weighted by Gasteiger charge is 2.52. The Labute approximate surface area is 210 Å². The van der Waals surface area contributed by atoms with E-state index in [9.17, 15) is 0 Å². The van der Waals surface area contributed by atoms with E-state index in [1.54, 1.807) is 11.1 Å². The Balaban J connectivity index is 1.27. The van der Waals surface area contributed by atoms with Crippen LogP contribution in [0.3, 0.4) is 0 Å². The summed E-state index contributed by atoms with van der Waals surface area (Å²) in [6.45, 7) is 2.49. The largest absolute Gasteiger partial charge is 0.356 e. The van der Waals surface area contributed by atoms with Crippen LogP contribution < -0.4 is 5.32 Å². The van der Waals surface area contributed by atoms with Gasteiger partial charge in [-0.1, -0.05) is 61.5 Å². The van der Waals surface area contributed by atoms with E-state index in [0.29, 0.717) is 5.92 Å². The number of hydrogen-bond acceptors (Lipinski definition) is 1. The molecule has 2 saturated carbocycles. The van der Waals surface area contributed by atoms with Crippen molar-refractivity contribution in [3.05, 3.63) is 95.6 Å². The molecule has 3 aromatic rings. The van der Waals surface area contributed by atoms with Gasteiger partial charge in [0.15, 0.2) is 0 Å². The number of benzene rings is 3. The summed E-state index contributed by atoms with van der Waals surface area (Å²) in [6, 6.07) is 25.6. The van der Waals surface area contributed by atoms with Crippen molar-refractivity contribution >= 4 is 11.4 Å². The second kappa shape index (κ2) is 8.40. The first kappa shape index (κ1) is 21.5. The summed E-state index contributed by atoms with van der Waals surface area (Å²) in [5.74, 6) is 3.12. The van der Waals surface area contributed by atoms with E-state index >= 15 is 0 Å². The molecule has 3 aromatic carbocycles. The molecule has 178 valence electrons. The Morgan fingerprint density at radius 2 is 1.69 bits per heavy atom. The molecular formula is C34H37N. The molecule has 4 aliphatic carbocycles. The lowest BCUT2D eigenvalue weighted by atomic mass is 9.53. The fourth-order valence-corrected chi connectivity index (χ4v) is 8.31. The van der Waals surface area contributed by atoms with Crippen LogP contribution in [0.25, 0.3) is 11.1 Å². The maximum atomic E-state index is 3.80. The molecule has 1 N–H and O–H groups in total. The first-order chi connectivity index (χ1) is 17.2. The van der Waals surface area contributed by atoms with Crippen molar-refractivity contribution in [2.75, 3.05) is 5.32 Å². The minimum absolute atomic E-state index is 0.198. The van der Waals surface area contributed by atoms with Crippen LogP contribution in [-0.2, 0) is 5.41 Å². The SMILES string of the molecule is CC1CC2CCC3(c4ccccc4-c4ccc(Nc5cccc(C6C=CCCC6)c5)cc43)C(C1)C2. The molecule has 0 aliphatic heterocycles. The predicted octanol–water partition coefficient (Wildman–Crippen LogP) is 9.37. The van der Waals surface area contributed by atoms with Crippen molar-refractivity contribution in [2.24, 2.45) is 17.8 Å². The topological polar surface area (TPSA) is 12.0 Å². The second-order valence-electron chi connectivity index (χ2n) is 11.9. The van der Waals surface area contributed by atoms with Gasteiger partial charge in [0.05, 0.1) is 0 Å². The minimum atomic E-state index is 0.198. The average Bonchev–Trinajstić information content (AvgIpc) is 3.17. The number of fused-ring (bicyclic) bond motifs is 8. The van der Waals surface area contributed by atoms with Crippen LogP contribution >= 0.6 is 0 Å². The zero-order valence-electron chi connectivity index (χ0n) is 21.0. The molecule has 2 fully saturated rings. The molecule has 35 heavy (non-hydrogen) atoms. The lowest BCUT2D eigenvalue weighted by Gasteiger charge is -2.50. The zero-order valence-corrected chi connectivity index (χ0v) is 21.0. The summed E-state index contributed by atoms with van der Waals surface area (Å²) >= 11 is 0. The van der Waals surface area contributed by atoms with Gasteiger partial charge in [0, 0.05) is 22.7 Å². The van der Waals surface area contributed by atoms with Gasteiger partial charge in [-0.15, -0.1) is 0 Å². The number of nitrogens with one attached hydrogen (secondary N) is 1. The third-order valence-electron chi connectivity index (χ3n) is 9.74. The fraction of sp³-hybridized carbons (Fsp3) is 0.412. The highest BCUT2D eigenvalue weighted by atomic mass is 14.9. The van der Waals surface area contributed by atoms with Crippen LogP contribution in [0.1, 0.15) is 80.9 Å². The summed E-state index contributed by atoms with van der Waals surface area (Å²) in [5, 5.41) is 3.80. The summed E-state index contributed by atoms with van der Waals surface area (Å²) in [7, 11) is 0. The number of allylic oxidation sites excluding steroid dienone is 2. The standard InChI is InChI=1S/C34H37N/c1-23-18-24-16-17-34(27(19-23)20-24)32-13-6-5-12-30(32)31-15-14-29(22-33(31)34)35-28-11-7-10-26(21-28)25-8-3-2-4-9-25/h3,5-8,10-15,21-25,27,35H,2,4,9,16-20H2,1H3. The average molecular weight is 460 g/mol. The maximum absolute atomic E-state index is 3.80. The van der Waals surface area contributed by atoms with E-state index in [-0.39, 0.29) is 5.41 Å². The Hall–Kier alpha value is -2.80. The van der Waals surface area contributed by atoms with Crippen molar-refractivity contribution in [3.8, 4) is 11.1 Å². The van der Waals surface area contributed by atoms with Gasteiger partial charge in [-0.2, -0.15) is 0 Å². The molecule has 0 heterocycles. The summed E-state index contributed by atoms with van der Waals surface area (Å²) in [4.78, 5) is 0. The molecule has 7 rings (SSSR count). The minimum Gasteiger partial charge on any atom is -0.356 e. The van der Waals surface area contributed by atoms with Crippen LogP contribution in [0.5, 0.6) is 0 Å². The van der Waals surface area contributed by atoms with E-state index in [1.807, 2.05) is 0 Å². The molecule has 1 nitrogen and oxygen atoms in total. The first-order valence-electron chi connectivity index (χ1n) is 14.0. The summed E-state index contributed by atoms with van der Waals surface area (Å²) in [6.07, 6.45) is 15.5. The Morgan fingerprint density at radius 1 is 0.800 bits per heavy atom. The van der Waals surface area contributed by atoms with Crippen molar-refractivity contribution in [3.63, 3.8) is 0 Å². The molecule has 5 unspecified atom stereocenters. The van der Waals surface area contributed by atoms with Crippen LogP contribution in [0.2, 0.25) is 0 Å². The van der Waals surface area contributed by atoms with E-state index in [0.717, 1.165) is 17.8 Å². The van der Waals surface area contributed by atoms with Gasteiger partial charge in [0.25, 0.3) is 0 Å². The van der Waals surface area contributed by atoms with Gasteiger partial charge < -0.3 is 5.32 Å². The lowest BCUT2D eigenvalue weighted by molar-refractivity contribution is 0.0856. The molecule has 0 amide bonds. The molecule has 0 aromatic heterocycles. The zero-order chi connectivity index (χ0) is 23.4. The molecular weight excluding hydrogens is 422 g/mol. The fourth-order valence-electron chi connectivity index (χ4n) is 8.31. The smallest absolute Gasteiger partial charge is 0.0387 e. The molecule has 2 bridgehead atoms. The van der Waals surface area contributed by atoms with Gasteiger partial charge in [-0.05, 0) is 121 Å². The maximum Gasteiger partial charge on any atom is 0.0387 e. The van der Waals surface area contributed by atoms with Gasteiger partial charge >= 0.3 is 0 Å². The van der Waals surface area contributed by atoms with Crippen molar-refractivity contribution < 1.29 is 0 Å². The van der Waals surface area contributed by atoms with Gasteiger partial charge in [-0.25, -0.2) is 0 Å². The molecule has 5 atom stereocenters.